The summed E-state index contributed by atoms with van der Waals surface area (Å²) in [5.41, 5.74) is 1.31. The van der Waals surface area contributed by atoms with E-state index >= 15 is 0 Å². The van der Waals surface area contributed by atoms with Crippen LogP contribution in [-0.4, -0.2) is 25.7 Å². The molecule has 2 aromatic carbocycles. The fraction of sp³-hybridized carbons (Fsp3) is 0.263. The van der Waals surface area contributed by atoms with Gasteiger partial charge in [-0.1, -0.05) is 18.2 Å². The summed E-state index contributed by atoms with van der Waals surface area (Å²) in [5.74, 6) is 1.52. The molecule has 0 saturated heterocycles. The minimum Gasteiger partial charge on any atom is -0.486 e. The maximum atomic E-state index is 12.1. The van der Waals surface area contributed by atoms with Gasteiger partial charge in [-0.05, 0) is 36.8 Å². The fourth-order valence-corrected chi connectivity index (χ4v) is 2.52. The summed E-state index contributed by atoms with van der Waals surface area (Å²) in [7, 11) is 0. The number of carbonyl (C=O) groups excluding carboxylic acids is 1. The maximum absolute atomic E-state index is 12.1. The molecule has 0 spiro atoms. The van der Waals surface area contributed by atoms with E-state index in [2.05, 4.69) is 5.32 Å². The topological polar surface area (TPSA) is 80.6 Å². The van der Waals surface area contributed by atoms with Gasteiger partial charge in [-0.15, -0.1) is 0 Å². The molecule has 1 aliphatic rings. The number of nitrogens with one attached hydrogen (secondary N) is 1. The molecule has 0 bridgehead atoms. The third-order valence-corrected chi connectivity index (χ3v) is 3.81. The summed E-state index contributed by atoms with van der Waals surface area (Å²) in [6.07, 6.45) is 0. The predicted molar refractivity (Wildman–Crippen MR) is 90.6 cm³/mol. The summed E-state index contributed by atoms with van der Waals surface area (Å²) in [6.45, 7) is 2.78. The highest BCUT2D eigenvalue weighted by atomic mass is 16.6. The molecule has 0 fully saturated rings. The second kappa shape index (κ2) is 7.58. The number of carbonyl (C=O) groups is 1. The average molecular weight is 338 g/mol. The van der Waals surface area contributed by atoms with Crippen molar-refractivity contribution in [2.75, 3.05) is 19.8 Å². The Kier molecular flexibility index (Phi) is 5.05. The van der Waals surface area contributed by atoms with Gasteiger partial charge in [0.05, 0.1) is 11.6 Å². The van der Waals surface area contributed by atoms with Crippen molar-refractivity contribution in [1.29, 1.82) is 5.26 Å². The molecular weight excluding hydrogens is 320 g/mol. The van der Waals surface area contributed by atoms with Crippen LogP contribution in [0.1, 0.15) is 24.1 Å². The van der Waals surface area contributed by atoms with Crippen LogP contribution in [0.15, 0.2) is 42.5 Å². The number of rotatable bonds is 5. The number of nitrogens with zero attached hydrogens (tertiary/aromatic N) is 1. The Hall–Kier alpha value is -3.20. The monoisotopic (exact) mass is 338 g/mol. The van der Waals surface area contributed by atoms with Gasteiger partial charge in [0.15, 0.2) is 18.1 Å². The normalized spacial score (nSPS) is 13.4. The smallest absolute Gasteiger partial charge is 0.258 e. The quantitative estimate of drug-likeness (QED) is 0.906. The molecule has 0 aliphatic carbocycles. The summed E-state index contributed by atoms with van der Waals surface area (Å²) in [5, 5.41) is 11.9. The van der Waals surface area contributed by atoms with Gasteiger partial charge in [0.1, 0.15) is 25.0 Å². The summed E-state index contributed by atoms with van der Waals surface area (Å²) in [4.78, 5) is 12.1. The Morgan fingerprint density at radius 3 is 2.80 bits per heavy atom. The third kappa shape index (κ3) is 4.01. The van der Waals surface area contributed by atoms with Gasteiger partial charge in [0, 0.05) is 0 Å². The van der Waals surface area contributed by atoms with Crippen molar-refractivity contribution in [1.82, 2.24) is 5.32 Å². The summed E-state index contributed by atoms with van der Waals surface area (Å²) in [6, 6.07) is 14.2. The molecule has 1 heterocycles. The lowest BCUT2D eigenvalue weighted by Crippen LogP contribution is -2.31. The highest BCUT2D eigenvalue weighted by Gasteiger charge is 2.16. The predicted octanol–water partition coefficient (Wildman–Crippen LogP) is 2.59. The second-order valence-corrected chi connectivity index (χ2v) is 5.59. The van der Waals surface area contributed by atoms with Crippen molar-refractivity contribution in [3.63, 3.8) is 0 Å². The number of para-hydroxylation sites is 1. The number of nitriles is 1. The molecular formula is C19H18N2O4. The standard InChI is InChI=1S/C19H18N2O4/c1-13(14-6-7-17-18(10-14)24-9-8-23-17)21-19(22)12-25-16-5-3-2-4-15(16)11-20/h2-7,10,13H,8-9,12H2,1H3,(H,21,22)/t13-/m0/s1. The van der Waals surface area contributed by atoms with E-state index in [1.54, 1.807) is 24.3 Å². The Morgan fingerprint density at radius 1 is 1.24 bits per heavy atom. The van der Waals surface area contributed by atoms with Crippen LogP contribution in [0.3, 0.4) is 0 Å². The van der Waals surface area contributed by atoms with Crippen molar-refractivity contribution in [3.8, 4) is 23.3 Å². The van der Waals surface area contributed by atoms with E-state index in [-0.39, 0.29) is 18.6 Å². The van der Waals surface area contributed by atoms with Crippen LogP contribution in [0, 0.1) is 11.3 Å². The molecule has 0 radical (unpaired) electrons. The Balaban J connectivity index is 1.58. The van der Waals surface area contributed by atoms with Gasteiger partial charge in [-0.3, -0.25) is 4.79 Å². The molecule has 1 N–H and O–H groups in total. The number of fused-ring (bicyclic) bond motifs is 1. The van der Waals surface area contributed by atoms with Gasteiger partial charge in [-0.2, -0.15) is 5.26 Å². The summed E-state index contributed by atoms with van der Waals surface area (Å²) >= 11 is 0. The zero-order valence-corrected chi connectivity index (χ0v) is 13.8. The zero-order valence-electron chi connectivity index (χ0n) is 13.8. The number of amides is 1. The number of benzene rings is 2. The molecule has 6 heteroatoms. The van der Waals surface area contributed by atoms with Gasteiger partial charge < -0.3 is 19.5 Å². The van der Waals surface area contributed by atoms with E-state index in [4.69, 9.17) is 19.5 Å². The minimum atomic E-state index is -0.268. The SMILES string of the molecule is C[C@H](NC(=O)COc1ccccc1C#N)c1ccc2c(c1)OCCO2. The lowest BCUT2D eigenvalue weighted by atomic mass is 10.1. The molecule has 0 aromatic heterocycles. The van der Waals surface area contributed by atoms with Crippen LogP contribution in [-0.2, 0) is 4.79 Å². The molecule has 3 rings (SSSR count). The average Bonchev–Trinajstić information content (AvgIpc) is 2.66. The highest BCUT2D eigenvalue weighted by molar-refractivity contribution is 5.78. The van der Waals surface area contributed by atoms with E-state index in [1.807, 2.05) is 31.2 Å². The first-order valence-corrected chi connectivity index (χ1v) is 7.98. The zero-order chi connectivity index (χ0) is 17.6. The van der Waals surface area contributed by atoms with Crippen LogP contribution in [0.2, 0.25) is 0 Å². The van der Waals surface area contributed by atoms with E-state index < -0.39 is 0 Å². The van der Waals surface area contributed by atoms with Crippen molar-refractivity contribution < 1.29 is 19.0 Å². The van der Waals surface area contributed by atoms with Crippen LogP contribution >= 0.6 is 0 Å². The first-order chi connectivity index (χ1) is 12.2. The van der Waals surface area contributed by atoms with Gasteiger partial charge in [-0.25, -0.2) is 0 Å². The first kappa shape index (κ1) is 16.7. The van der Waals surface area contributed by atoms with E-state index in [1.165, 1.54) is 0 Å². The molecule has 1 atom stereocenters. The van der Waals surface area contributed by atoms with E-state index in [9.17, 15) is 4.79 Å². The first-order valence-electron chi connectivity index (χ1n) is 7.98. The Bertz CT molecular complexity index is 813. The molecule has 0 unspecified atom stereocenters. The Labute approximate surface area is 145 Å². The Morgan fingerprint density at radius 2 is 2.00 bits per heavy atom. The van der Waals surface area contributed by atoms with Crippen molar-refractivity contribution >= 4 is 5.91 Å². The molecule has 1 aliphatic heterocycles. The summed E-state index contributed by atoms with van der Waals surface area (Å²) < 4.78 is 16.5. The van der Waals surface area contributed by atoms with Crippen LogP contribution in [0.5, 0.6) is 17.2 Å². The molecule has 0 saturated carbocycles. The number of hydrogen-bond donors (Lipinski definition) is 1. The highest BCUT2D eigenvalue weighted by Crippen LogP contribution is 2.32. The molecule has 2 aromatic rings. The van der Waals surface area contributed by atoms with E-state index in [0.29, 0.717) is 36.0 Å². The van der Waals surface area contributed by atoms with Crippen molar-refractivity contribution in [2.45, 2.75) is 13.0 Å². The van der Waals surface area contributed by atoms with Gasteiger partial charge >= 0.3 is 0 Å². The largest absolute Gasteiger partial charge is 0.486 e. The molecule has 128 valence electrons. The van der Waals surface area contributed by atoms with Crippen molar-refractivity contribution in [3.05, 3.63) is 53.6 Å². The van der Waals surface area contributed by atoms with Crippen LogP contribution < -0.4 is 19.5 Å². The van der Waals surface area contributed by atoms with Crippen molar-refractivity contribution in [2.24, 2.45) is 0 Å². The lowest BCUT2D eigenvalue weighted by molar-refractivity contribution is -0.123. The lowest BCUT2D eigenvalue weighted by Gasteiger charge is -2.21. The van der Waals surface area contributed by atoms with Crippen LogP contribution in [0.4, 0.5) is 0 Å². The second-order valence-electron chi connectivity index (χ2n) is 5.59. The van der Waals surface area contributed by atoms with Crippen LogP contribution in [0.25, 0.3) is 0 Å². The number of ether oxygens (including phenoxy) is 3. The molecule has 25 heavy (non-hydrogen) atoms. The third-order valence-electron chi connectivity index (χ3n) is 3.81. The fourth-order valence-electron chi connectivity index (χ4n) is 2.52. The van der Waals surface area contributed by atoms with Gasteiger partial charge in [0.25, 0.3) is 5.91 Å². The minimum absolute atomic E-state index is 0.159. The molecule has 1 amide bonds. The van der Waals surface area contributed by atoms with Gasteiger partial charge in [0.2, 0.25) is 0 Å². The number of hydrogen-bond acceptors (Lipinski definition) is 5. The maximum Gasteiger partial charge on any atom is 0.258 e. The molecule has 6 nitrogen and oxygen atoms in total. The van der Waals surface area contributed by atoms with E-state index in [0.717, 1.165) is 5.56 Å².